The van der Waals surface area contributed by atoms with Crippen LogP contribution < -0.4 is 9.80 Å². The Morgan fingerprint density at radius 1 is 0.341 bits per heavy atom. The summed E-state index contributed by atoms with van der Waals surface area (Å²) in [5.41, 5.74) is 20.3. The zero-order chi connectivity index (χ0) is 62.2. The SMILES string of the molecule is CCN1C(=CC=CC2=[N+](C)c3ccc4ccccc4c3C2(C)Cc2ccc(CC3(C)C(C=CC=C4N(CC)c5ccc6ccccc6c5C4(C)Cc4ccccc4)=[N+](CC)c4ccc5ccccc5c43)cc2)C(C)(Cc2ccccc2)c2c1ccc1ccccc21. The zero-order valence-electron chi connectivity index (χ0n) is 54.1. The molecular formula is C87H82N4+2. The minimum Gasteiger partial charge on any atom is -0.344 e. The van der Waals surface area contributed by atoms with Gasteiger partial charge in [0.25, 0.3) is 0 Å². The summed E-state index contributed by atoms with van der Waals surface area (Å²) in [5, 5.41) is 10.5. The lowest BCUT2D eigenvalue weighted by Gasteiger charge is -2.30. The number of nitrogens with zero attached hydrogens (tertiary/aromatic N) is 4. The quantitative estimate of drug-likeness (QED) is 0.0949. The summed E-state index contributed by atoms with van der Waals surface area (Å²) in [6.07, 6.45) is 18.1. The smallest absolute Gasteiger partial charge is 0.210 e. The molecule has 0 fully saturated rings. The van der Waals surface area contributed by atoms with E-state index in [0.717, 1.165) is 45.3 Å². The van der Waals surface area contributed by atoms with Crippen LogP contribution >= 0.6 is 0 Å². The first kappa shape index (κ1) is 57.8. The van der Waals surface area contributed by atoms with Crippen molar-refractivity contribution in [3.8, 4) is 0 Å². The van der Waals surface area contributed by atoms with Crippen molar-refractivity contribution in [1.82, 2.24) is 0 Å². The summed E-state index contributed by atoms with van der Waals surface area (Å²) in [6, 6.07) is 86.6. The summed E-state index contributed by atoms with van der Waals surface area (Å²) in [7, 11) is 2.28. The largest absolute Gasteiger partial charge is 0.344 e. The second-order valence-corrected chi connectivity index (χ2v) is 26.9. The van der Waals surface area contributed by atoms with Gasteiger partial charge in [0.1, 0.15) is 13.6 Å². The van der Waals surface area contributed by atoms with E-state index in [1.165, 1.54) is 133 Å². The van der Waals surface area contributed by atoms with Crippen molar-refractivity contribution in [3.05, 3.63) is 323 Å². The number of benzene rings is 11. The maximum atomic E-state index is 2.60. The van der Waals surface area contributed by atoms with E-state index in [2.05, 4.69) is 341 Å². The minimum absolute atomic E-state index is 0.263. The van der Waals surface area contributed by atoms with Gasteiger partial charge in [0.05, 0.1) is 10.8 Å². The Kier molecular flexibility index (Phi) is 14.4. The van der Waals surface area contributed by atoms with Crippen LogP contribution in [0, 0.1) is 0 Å². The highest BCUT2D eigenvalue weighted by Gasteiger charge is 2.51. The molecule has 0 bridgehead atoms. The number of fused-ring (bicyclic) bond motifs is 12. The van der Waals surface area contributed by atoms with Gasteiger partial charge < -0.3 is 9.80 Å². The first-order valence-corrected chi connectivity index (χ1v) is 33.2. The predicted molar refractivity (Wildman–Crippen MR) is 386 cm³/mol. The molecule has 91 heavy (non-hydrogen) atoms. The summed E-state index contributed by atoms with van der Waals surface area (Å²) in [5.74, 6) is 0. The van der Waals surface area contributed by atoms with Crippen LogP contribution in [0.1, 0.15) is 93.0 Å². The molecule has 4 heterocycles. The van der Waals surface area contributed by atoms with Crippen LogP contribution in [0.3, 0.4) is 0 Å². The van der Waals surface area contributed by atoms with Crippen molar-refractivity contribution < 1.29 is 9.15 Å². The van der Waals surface area contributed by atoms with E-state index < -0.39 is 0 Å². The molecule has 15 rings (SSSR count). The zero-order valence-corrected chi connectivity index (χ0v) is 54.1. The molecule has 0 saturated carbocycles. The molecule has 0 aliphatic carbocycles. The highest BCUT2D eigenvalue weighted by molar-refractivity contribution is 6.10. The molecule has 448 valence electrons. The Morgan fingerprint density at radius 2 is 0.681 bits per heavy atom. The van der Waals surface area contributed by atoms with Crippen molar-refractivity contribution in [1.29, 1.82) is 0 Å². The van der Waals surface area contributed by atoms with E-state index in [9.17, 15) is 0 Å². The summed E-state index contributed by atoms with van der Waals surface area (Å²) in [4.78, 5) is 5.15. The Morgan fingerprint density at radius 3 is 1.11 bits per heavy atom. The average molecular weight is 1180 g/mol. The van der Waals surface area contributed by atoms with Crippen molar-refractivity contribution >= 4 is 77.3 Å². The number of anilines is 2. The highest BCUT2D eigenvalue weighted by Crippen LogP contribution is 2.55. The lowest BCUT2D eigenvalue weighted by atomic mass is 9.71. The fourth-order valence-electron chi connectivity index (χ4n) is 17.5. The lowest BCUT2D eigenvalue weighted by Crippen LogP contribution is -2.34. The number of likely N-dealkylation sites (N-methyl/N-ethyl adjacent to an activating group) is 2. The molecule has 0 amide bonds. The summed E-state index contributed by atoms with van der Waals surface area (Å²) >= 11 is 0. The van der Waals surface area contributed by atoms with E-state index >= 15 is 0 Å². The van der Waals surface area contributed by atoms with Gasteiger partial charge >= 0.3 is 0 Å². The summed E-state index contributed by atoms with van der Waals surface area (Å²) < 4.78 is 5.07. The van der Waals surface area contributed by atoms with Gasteiger partial charge in [0, 0.05) is 82.1 Å². The maximum Gasteiger partial charge on any atom is 0.210 e. The summed E-state index contributed by atoms with van der Waals surface area (Å²) in [6.45, 7) is 19.5. The number of allylic oxidation sites excluding steroid dienone is 8. The second-order valence-electron chi connectivity index (χ2n) is 26.9. The molecule has 4 atom stereocenters. The molecule has 0 spiro atoms. The van der Waals surface area contributed by atoms with Crippen LogP contribution in [0.4, 0.5) is 22.7 Å². The molecular weight excluding hydrogens is 1100 g/mol. The minimum atomic E-state index is -0.344. The van der Waals surface area contributed by atoms with E-state index in [-0.39, 0.29) is 21.7 Å². The standard InChI is InChI=1S/C87H82N4/c1-9-89-73-53-49-65-33-19-23-37-69(65)81(73)85(5,56-60-28-14-12-15-29-60)77(89)41-26-40-76-84(4,80-68-36-22-18-32-64(68)48-52-72(80)88(76)8)58-62-44-46-63(47-45-62)59-87(7)79(91(11-3)75-55-51-67-35-21-25-39-71(67)83(75)87)43-27-42-78-86(6,57-61-30-16-13-17-31-61)82-70-38-24-20-34-66(70)50-54-74(82)90(78)10-2/h12-55H,9-11,56-59H2,1-8H3/q+2. The first-order valence-electron chi connectivity index (χ1n) is 33.2. The van der Waals surface area contributed by atoms with E-state index in [1.54, 1.807) is 0 Å². The monoisotopic (exact) mass is 1180 g/mol. The van der Waals surface area contributed by atoms with Gasteiger partial charge in [-0.3, -0.25) is 0 Å². The number of rotatable bonds is 15. The van der Waals surface area contributed by atoms with Gasteiger partial charge in [0.15, 0.2) is 11.4 Å². The van der Waals surface area contributed by atoms with Gasteiger partial charge in [-0.2, -0.15) is 9.15 Å². The van der Waals surface area contributed by atoms with Crippen molar-refractivity contribution in [2.24, 2.45) is 0 Å². The van der Waals surface area contributed by atoms with Gasteiger partial charge in [-0.25, -0.2) is 0 Å². The Hall–Kier alpha value is -9.64. The molecule has 0 saturated heterocycles. The van der Waals surface area contributed by atoms with E-state index in [0.29, 0.717) is 0 Å². The van der Waals surface area contributed by atoms with E-state index in [4.69, 9.17) is 0 Å². The molecule has 0 radical (unpaired) electrons. The molecule has 0 aromatic heterocycles. The van der Waals surface area contributed by atoms with Crippen LogP contribution in [0.5, 0.6) is 0 Å². The third-order valence-corrected chi connectivity index (χ3v) is 21.5. The molecule has 4 nitrogen and oxygen atoms in total. The fourth-order valence-corrected chi connectivity index (χ4v) is 17.5. The Balaban J connectivity index is 0.795. The van der Waals surface area contributed by atoms with Crippen molar-refractivity contribution in [3.63, 3.8) is 0 Å². The Bertz CT molecular complexity index is 4900. The third-order valence-electron chi connectivity index (χ3n) is 21.5. The molecule has 0 N–H and O–H groups in total. The Labute approximate surface area is 538 Å². The van der Waals surface area contributed by atoms with Gasteiger partial charge in [0.2, 0.25) is 11.4 Å². The van der Waals surface area contributed by atoms with Crippen LogP contribution in [-0.2, 0) is 47.3 Å². The molecule has 4 aliphatic heterocycles. The topological polar surface area (TPSA) is 12.5 Å². The highest BCUT2D eigenvalue weighted by atomic mass is 15.2. The van der Waals surface area contributed by atoms with Gasteiger partial charge in [-0.15, -0.1) is 0 Å². The van der Waals surface area contributed by atoms with Crippen LogP contribution in [0.15, 0.2) is 278 Å². The average Bonchev–Trinajstić information content (AvgIpc) is 1.61. The molecule has 4 heteroatoms. The molecule has 4 aliphatic rings. The number of hydrogen-bond donors (Lipinski definition) is 0. The molecule has 11 aromatic carbocycles. The first-order chi connectivity index (χ1) is 44.4. The maximum absolute atomic E-state index is 2.60. The van der Waals surface area contributed by atoms with Gasteiger partial charge in [-0.05, 0) is 187 Å². The van der Waals surface area contributed by atoms with Crippen molar-refractivity contribution in [2.45, 2.75) is 95.8 Å². The third kappa shape index (κ3) is 9.30. The lowest BCUT2D eigenvalue weighted by molar-refractivity contribution is -0.433. The fraction of sp³-hybridized carbons (Fsp3) is 0.218. The van der Waals surface area contributed by atoms with Crippen molar-refractivity contribution in [2.75, 3.05) is 36.5 Å². The van der Waals surface area contributed by atoms with Crippen LogP contribution in [-0.4, -0.2) is 47.3 Å². The number of hydrogen-bond acceptors (Lipinski definition) is 2. The molecule has 4 unspecified atom stereocenters. The second kappa shape index (κ2) is 22.7. The normalized spacial score (nSPS) is 21.9. The van der Waals surface area contributed by atoms with Gasteiger partial charge in [-0.1, -0.05) is 206 Å². The molecule has 11 aromatic rings. The van der Waals surface area contributed by atoms with Crippen LogP contribution in [0.25, 0.3) is 43.1 Å². The van der Waals surface area contributed by atoms with E-state index in [1.807, 2.05) is 0 Å². The predicted octanol–water partition coefficient (Wildman–Crippen LogP) is 20.1. The van der Waals surface area contributed by atoms with Crippen LogP contribution in [0.2, 0.25) is 0 Å².